The van der Waals surface area contributed by atoms with Crippen molar-refractivity contribution in [3.05, 3.63) is 36.0 Å². The number of hydrogen-bond acceptors (Lipinski definition) is 6. The van der Waals surface area contributed by atoms with Gasteiger partial charge in [0.1, 0.15) is 0 Å². The number of halogens is 1. The fourth-order valence-electron chi connectivity index (χ4n) is 2.38. The molecule has 7 nitrogen and oxygen atoms in total. The number of para-hydroxylation sites is 2. The van der Waals surface area contributed by atoms with E-state index in [1.54, 1.807) is 0 Å². The van der Waals surface area contributed by atoms with Gasteiger partial charge >= 0.3 is 0 Å². The second-order valence-corrected chi connectivity index (χ2v) is 5.10. The van der Waals surface area contributed by atoms with Crippen LogP contribution in [-0.4, -0.2) is 22.6 Å². The Morgan fingerprint density at radius 1 is 1.45 bits per heavy atom. The van der Waals surface area contributed by atoms with Crippen LogP contribution in [0.4, 0.5) is 11.4 Å². The molecule has 0 saturated heterocycles. The van der Waals surface area contributed by atoms with Gasteiger partial charge in [-0.3, -0.25) is 4.79 Å². The second-order valence-electron chi connectivity index (χ2n) is 5.10. The van der Waals surface area contributed by atoms with Crippen LogP contribution in [0.5, 0.6) is 0 Å². The van der Waals surface area contributed by atoms with E-state index >= 15 is 0 Å². The molecular weight excluding hydrogens is 306 g/mol. The molecule has 1 aliphatic heterocycles. The molecule has 22 heavy (non-hydrogen) atoms. The van der Waals surface area contributed by atoms with E-state index in [1.165, 1.54) is 0 Å². The van der Waals surface area contributed by atoms with Gasteiger partial charge in [-0.25, -0.2) is 0 Å². The van der Waals surface area contributed by atoms with Gasteiger partial charge in [-0.2, -0.15) is 4.98 Å². The van der Waals surface area contributed by atoms with E-state index in [-0.39, 0.29) is 30.8 Å². The molecule has 2 heterocycles. The number of aromatic nitrogens is 2. The zero-order valence-corrected chi connectivity index (χ0v) is 13.0. The first kappa shape index (κ1) is 16.3. The average molecular weight is 324 g/mol. The zero-order valence-electron chi connectivity index (χ0n) is 12.2. The van der Waals surface area contributed by atoms with Gasteiger partial charge in [-0.15, -0.1) is 12.4 Å². The third kappa shape index (κ3) is 3.20. The maximum Gasteiger partial charge on any atom is 0.240 e. The number of amides is 1. The number of hydrogen-bond donors (Lipinski definition) is 2. The number of nitrogens with zero attached hydrogens (tertiary/aromatic N) is 3. The van der Waals surface area contributed by atoms with Crippen LogP contribution in [0.25, 0.3) is 0 Å². The molecular formula is C14H18ClN5O2. The van der Waals surface area contributed by atoms with Crippen molar-refractivity contribution >= 4 is 29.7 Å². The van der Waals surface area contributed by atoms with Crippen LogP contribution < -0.4 is 16.0 Å². The predicted octanol–water partition coefficient (Wildman–Crippen LogP) is 1.54. The molecule has 0 fully saturated rings. The van der Waals surface area contributed by atoms with Crippen LogP contribution in [0.15, 0.2) is 28.8 Å². The highest BCUT2D eigenvalue weighted by atomic mass is 35.5. The maximum absolute atomic E-state index is 12.0. The van der Waals surface area contributed by atoms with Crippen molar-refractivity contribution in [2.45, 2.75) is 20.0 Å². The molecule has 1 aromatic heterocycles. The van der Waals surface area contributed by atoms with E-state index in [0.29, 0.717) is 24.8 Å². The Labute approximate surface area is 134 Å². The van der Waals surface area contributed by atoms with Crippen molar-refractivity contribution in [1.29, 1.82) is 0 Å². The first-order chi connectivity index (χ1) is 10.2. The van der Waals surface area contributed by atoms with Crippen molar-refractivity contribution in [3.63, 3.8) is 0 Å². The van der Waals surface area contributed by atoms with Crippen LogP contribution in [0, 0.1) is 5.92 Å². The Balaban J connectivity index is 0.00000176. The summed E-state index contributed by atoms with van der Waals surface area (Å²) in [5.41, 5.74) is 7.23. The predicted molar refractivity (Wildman–Crippen MR) is 84.7 cm³/mol. The SMILES string of the molecule is CC1CN(Cc2noc(CN)n2)c2ccccc2NC1=O.Cl. The smallest absolute Gasteiger partial charge is 0.240 e. The molecule has 0 radical (unpaired) electrons. The average Bonchev–Trinajstić information content (AvgIpc) is 2.90. The number of anilines is 2. The van der Waals surface area contributed by atoms with E-state index < -0.39 is 0 Å². The van der Waals surface area contributed by atoms with Gasteiger partial charge < -0.3 is 20.5 Å². The van der Waals surface area contributed by atoms with Crippen LogP contribution in [0.1, 0.15) is 18.6 Å². The third-order valence-electron chi connectivity index (χ3n) is 3.46. The van der Waals surface area contributed by atoms with Gasteiger partial charge in [0.25, 0.3) is 0 Å². The molecule has 8 heteroatoms. The topological polar surface area (TPSA) is 97.3 Å². The van der Waals surface area contributed by atoms with Crippen molar-refractivity contribution in [3.8, 4) is 0 Å². The molecule has 1 aliphatic rings. The summed E-state index contributed by atoms with van der Waals surface area (Å²) < 4.78 is 5.03. The quantitative estimate of drug-likeness (QED) is 0.889. The highest BCUT2D eigenvalue weighted by molar-refractivity contribution is 5.97. The van der Waals surface area contributed by atoms with Gasteiger partial charge in [0, 0.05) is 6.54 Å². The van der Waals surface area contributed by atoms with E-state index in [0.717, 1.165) is 11.4 Å². The zero-order chi connectivity index (χ0) is 14.8. The lowest BCUT2D eigenvalue weighted by Gasteiger charge is -2.23. The molecule has 1 aromatic carbocycles. The summed E-state index contributed by atoms with van der Waals surface area (Å²) in [4.78, 5) is 18.3. The summed E-state index contributed by atoms with van der Waals surface area (Å²) in [5, 5.41) is 6.86. The summed E-state index contributed by atoms with van der Waals surface area (Å²) in [6.07, 6.45) is 0. The molecule has 1 atom stereocenters. The number of fused-ring (bicyclic) bond motifs is 1. The normalized spacial score (nSPS) is 17.3. The largest absolute Gasteiger partial charge is 0.361 e. The first-order valence-corrected chi connectivity index (χ1v) is 6.83. The molecule has 0 bridgehead atoms. The molecule has 1 unspecified atom stereocenters. The summed E-state index contributed by atoms with van der Waals surface area (Å²) in [5.74, 6) is 0.862. The van der Waals surface area contributed by atoms with E-state index in [1.807, 2.05) is 31.2 Å². The lowest BCUT2D eigenvalue weighted by molar-refractivity contribution is -0.119. The third-order valence-corrected chi connectivity index (χ3v) is 3.46. The Morgan fingerprint density at radius 2 is 2.23 bits per heavy atom. The number of nitrogens with two attached hydrogens (primary N) is 1. The van der Waals surface area contributed by atoms with Gasteiger partial charge in [0.2, 0.25) is 11.8 Å². The second kappa shape index (κ2) is 6.76. The number of benzene rings is 1. The highest BCUT2D eigenvalue weighted by Crippen LogP contribution is 2.30. The van der Waals surface area contributed by atoms with Crippen molar-refractivity contribution in [2.75, 3.05) is 16.8 Å². The molecule has 0 saturated carbocycles. The Morgan fingerprint density at radius 3 is 2.95 bits per heavy atom. The lowest BCUT2D eigenvalue weighted by atomic mass is 10.1. The fraction of sp³-hybridized carbons (Fsp3) is 0.357. The molecule has 118 valence electrons. The first-order valence-electron chi connectivity index (χ1n) is 6.83. The summed E-state index contributed by atoms with van der Waals surface area (Å²) in [7, 11) is 0. The minimum Gasteiger partial charge on any atom is -0.361 e. The summed E-state index contributed by atoms with van der Waals surface area (Å²) in [6, 6.07) is 7.70. The molecule has 3 N–H and O–H groups in total. The van der Waals surface area contributed by atoms with Crippen molar-refractivity contribution < 1.29 is 9.32 Å². The number of nitrogens with one attached hydrogen (secondary N) is 1. The van der Waals surface area contributed by atoms with Crippen molar-refractivity contribution in [1.82, 2.24) is 10.1 Å². The Kier molecular flexibility index (Phi) is 4.99. The highest BCUT2D eigenvalue weighted by Gasteiger charge is 2.25. The number of carbonyl (C=O) groups is 1. The van der Waals surface area contributed by atoms with Gasteiger partial charge in [0.05, 0.1) is 30.4 Å². The minimum atomic E-state index is -0.127. The lowest BCUT2D eigenvalue weighted by Crippen LogP contribution is -2.30. The van der Waals surface area contributed by atoms with Gasteiger partial charge in [-0.05, 0) is 12.1 Å². The van der Waals surface area contributed by atoms with Gasteiger partial charge in [0.15, 0.2) is 5.82 Å². The standard InChI is InChI=1S/C14H17N5O2.ClH/c1-9-7-19(8-12-17-13(6-15)21-18-12)11-5-3-2-4-10(11)16-14(9)20;/h2-5,9H,6-8,15H2,1H3,(H,16,20);1H. The monoisotopic (exact) mass is 323 g/mol. The Bertz CT molecular complexity index is 660. The van der Waals surface area contributed by atoms with Gasteiger partial charge in [-0.1, -0.05) is 24.2 Å². The van der Waals surface area contributed by atoms with Crippen LogP contribution >= 0.6 is 12.4 Å². The molecule has 1 amide bonds. The minimum absolute atomic E-state index is 0. The van der Waals surface area contributed by atoms with E-state index in [4.69, 9.17) is 10.3 Å². The maximum atomic E-state index is 12.0. The van der Waals surface area contributed by atoms with Crippen LogP contribution in [0.2, 0.25) is 0 Å². The Hall–Kier alpha value is -2.12. The van der Waals surface area contributed by atoms with Crippen LogP contribution in [-0.2, 0) is 17.9 Å². The molecule has 0 aliphatic carbocycles. The van der Waals surface area contributed by atoms with E-state index in [2.05, 4.69) is 20.4 Å². The summed E-state index contributed by atoms with van der Waals surface area (Å²) >= 11 is 0. The summed E-state index contributed by atoms with van der Waals surface area (Å²) in [6.45, 7) is 3.19. The fourth-order valence-corrected chi connectivity index (χ4v) is 2.38. The van der Waals surface area contributed by atoms with Crippen LogP contribution in [0.3, 0.4) is 0 Å². The number of carbonyl (C=O) groups excluding carboxylic acids is 1. The number of rotatable bonds is 3. The molecule has 0 spiro atoms. The molecule has 2 aromatic rings. The van der Waals surface area contributed by atoms with E-state index in [9.17, 15) is 4.79 Å². The van der Waals surface area contributed by atoms with Crippen molar-refractivity contribution in [2.24, 2.45) is 11.7 Å². The molecule has 3 rings (SSSR count).